The van der Waals surface area contributed by atoms with Gasteiger partial charge in [-0.2, -0.15) is 0 Å². The Hall–Kier alpha value is -0.650. The molecule has 0 aliphatic carbocycles. The van der Waals surface area contributed by atoms with Crippen molar-refractivity contribution in [2.24, 2.45) is 0 Å². The van der Waals surface area contributed by atoms with E-state index in [4.69, 9.17) is 9.72 Å². The number of anilines is 1. The zero-order chi connectivity index (χ0) is 14.0. The van der Waals surface area contributed by atoms with Crippen LogP contribution in [0.3, 0.4) is 0 Å². The fraction of sp³-hybridized carbons (Fsp3) is 0.786. The Bertz CT molecular complexity index is 409. The number of rotatable bonds is 4. The smallest absolute Gasteiger partial charge is 0.186 e. The first-order chi connectivity index (χ1) is 9.01. The molecule has 2 heterocycles. The minimum absolute atomic E-state index is 0.280. The lowest BCUT2D eigenvalue weighted by Gasteiger charge is -2.35. The molecule has 0 bridgehead atoms. The van der Waals surface area contributed by atoms with Gasteiger partial charge in [-0.05, 0) is 26.8 Å². The molecule has 1 aromatic rings. The summed E-state index contributed by atoms with van der Waals surface area (Å²) in [6.07, 6.45) is 0.561. The van der Waals surface area contributed by atoms with Gasteiger partial charge in [0.1, 0.15) is 0 Å². The van der Waals surface area contributed by atoms with Gasteiger partial charge in [-0.15, -0.1) is 11.3 Å². The third-order valence-corrected chi connectivity index (χ3v) is 4.42. The maximum absolute atomic E-state index is 5.79. The molecule has 1 fully saturated rings. The number of aromatic nitrogens is 1. The lowest BCUT2D eigenvalue weighted by Crippen LogP contribution is -2.45. The van der Waals surface area contributed by atoms with Crippen LogP contribution in [0.1, 0.15) is 44.2 Å². The second kappa shape index (κ2) is 6.20. The molecule has 4 nitrogen and oxygen atoms in total. The van der Waals surface area contributed by atoms with Crippen molar-refractivity contribution in [3.05, 3.63) is 10.6 Å². The number of hydrogen-bond acceptors (Lipinski definition) is 5. The number of morpholine rings is 1. The topological polar surface area (TPSA) is 37.4 Å². The average molecular weight is 283 g/mol. The van der Waals surface area contributed by atoms with Crippen LogP contribution in [0, 0.1) is 0 Å². The maximum atomic E-state index is 5.79. The van der Waals surface area contributed by atoms with Crippen LogP contribution < -0.4 is 10.2 Å². The molecule has 2 rings (SSSR count). The molecule has 0 unspecified atom stereocenters. The second-order valence-corrected chi connectivity index (χ2v) is 6.71. The standard InChI is InChI=1S/C14H25N3OS/c1-9(2)13-12(6-15-5)19-14(16-13)17-7-10(3)18-11(4)8-17/h9-11,15H,6-8H2,1-5H3/t10-,11+. The first-order valence-corrected chi connectivity index (χ1v) is 7.87. The van der Waals surface area contributed by atoms with Crippen molar-refractivity contribution in [2.75, 3.05) is 25.0 Å². The van der Waals surface area contributed by atoms with Crippen LogP contribution in [0.15, 0.2) is 0 Å². The van der Waals surface area contributed by atoms with Crippen LogP contribution in [-0.4, -0.2) is 37.3 Å². The third kappa shape index (κ3) is 3.46. The van der Waals surface area contributed by atoms with Crippen molar-refractivity contribution in [3.63, 3.8) is 0 Å². The van der Waals surface area contributed by atoms with Gasteiger partial charge >= 0.3 is 0 Å². The Morgan fingerprint density at radius 3 is 2.53 bits per heavy atom. The summed E-state index contributed by atoms with van der Waals surface area (Å²) in [6, 6.07) is 0. The van der Waals surface area contributed by atoms with E-state index in [2.05, 4.69) is 37.9 Å². The van der Waals surface area contributed by atoms with Crippen molar-refractivity contribution in [2.45, 2.75) is 52.4 Å². The summed E-state index contributed by atoms with van der Waals surface area (Å²) in [5.41, 5.74) is 1.24. The van der Waals surface area contributed by atoms with Gasteiger partial charge < -0.3 is 15.0 Å². The molecule has 19 heavy (non-hydrogen) atoms. The monoisotopic (exact) mass is 283 g/mol. The van der Waals surface area contributed by atoms with E-state index in [0.29, 0.717) is 5.92 Å². The predicted octanol–water partition coefficient (Wildman–Crippen LogP) is 2.60. The van der Waals surface area contributed by atoms with Gasteiger partial charge in [0.15, 0.2) is 5.13 Å². The van der Waals surface area contributed by atoms with E-state index in [0.717, 1.165) is 24.8 Å². The van der Waals surface area contributed by atoms with E-state index in [1.807, 2.05) is 18.4 Å². The van der Waals surface area contributed by atoms with Gasteiger partial charge in [-0.1, -0.05) is 13.8 Å². The van der Waals surface area contributed by atoms with Crippen LogP contribution in [0.2, 0.25) is 0 Å². The van der Waals surface area contributed by atoms with Gasteiger partial charge in [-0.3, -0.25) is 0 Å². The highest BCUT2D eigenvalue weighted by Gasteiger charge is 2.25. The normalized spacial score (nSPS) is 24.2. The SMILES string of the molecule is CNCc1sc(N2C[C@@H](C)O[C@@H](C)C2)nc1C(C)C. The summed E-state index contributed by atoms with van der Waals surface area (Å²) in [4.78, 5) is 8.60. The lowest BCUT2D eigenvalue weighted by molar-refractivity contribution is -0.00523. The van der Waals surface area contributed by atoms with Gasteiger partial charge in [-0.25, -0.2) is 4.98 Å². The summed E-state index contributed by atoms with van der Waals surface area (Å²) in [7, 11) is 1.99. The Labute approximate surface area is 120 Å². The molecule has 1 aliphatic rings. The molecular formula is C14H25N3OS. The van der Waals surface area contributed by atoms with Crippen molar-refractivity contribution < 1.29 is 4.74 Å². The quantitative estimate of drug-likeness (QED) is 0.921. The van der Waals surface area contributed by atoms with Gasteiger partial charge in [0.05, 0.1) is 17.9 Å². The number of ether oxygens (including phenoxy) is 1. The van der Waals surface area contributed by atoms with Gasteiger partial charge in [0.25, 0.3) is 0 Å². The van der Waals surface area contributed by atoms with Crippen LogP contribution >= 0.6 is 11.3 Å². The predicted molar refractivity (Wildman–Crippen MR) is 81.2 cm³/mol. The first-order valence-electron chi connectivity index (χ1n) is 7.05. The highest BCUT2D eigenvalue weighted by molar-refractivity contribution is 7.15. The van der Waals surface area contributed by atoms with Crippen molar-refractivity contribution in [1.29, 1.82) is 0 Å². The second-order valence-electron chi connectivity index (χ2n) is 5.65. The van der Waals surface area contributed by atoms with Crippen LogP contribution in [0.25, 0.3) is 0 Å². The van der Waals surface area contributed by atoms with E-state index in [1.165, 1.54) is 10.6 Å². The Balaban J connectivity index is 2.22. The highest BCUT2D eigenvalue weighted by Crippen LogP contribution is 2.32. The van der Waals surface area contributed by atoms with E-state index in [-0.39, 0.29) is 12.2 Å². The van der Waals surface area contributed by atoms with Crippen LogP contribution in [-0.2, 0) is 11.3 Å². The van der Waals surface area contributed by atoms with Crippen LogP contribution in [0.5, 0.6) is 0 Å². The fourth-order valence-electron chi connectivity index (χ4n) is 2.56. The van der Waals surface area contributed by atoms with Gasteiger partial charge in [0, 0.05) is 24.5 Å². The van der Waals surface area contributed by atoms with Gasteiger partial charge in [0.2, 0.25) is 0 Å². The number of thiazole rings is 1. The van der Waals surface area contributed by atoms with E-state index < -0.39 is 0 Å². The van der Waals surface area contributed by atoms with E-state index >= 15 is 0 Å². The molecule has 2 atom stereocenters. The minimum atomic E-state index is 0.280. The minimum Gasteiger partial charge on any atom is -0.372 e. The summed E-state index contributed by atoms with van der Waals surface area (Å²) in [5.74, 6) is 0.476. The summed E-state index contributed by atoms with van der Waals surface area (Å²) in [6.45, 7) is 11.5. The molecule has 0 saturated carbocycles. The molecule has 1 aliphatic heterocycles. The summed E-state index contributed by atoms with van der Waals surface area (Å²) in [5, 5.41) is 4.39. The molecule has 0 spiro atoms. The largest absolute Gasteiger partial charge is 0.372 e. The Kier molecular flexibility index (Phi) is 4.81. The molecule has 0 radical (unpaired) electrons. The Morgan fingerprint density at radius 2 is 2.00 bits per heavy atom. The zero-order valence-electron chi connectivity index (χ0n) is 12.6. The summed E-state index contributed by atoms with van der Waals surface area (Å²) >= 11 is 1.82. The van der Waals surface area contributed by atoms with Crippen molar-refractivity contribution in [3.8, 4) is 0 Å². The Morgan fingerprint density at radius 1 is 1.37 bits per heavy atom. The number of hydrogen-bond donors (Lipinski definition) is 1. The molecule has 108 valence electrons. The molecule has 1 N–H and O–H groups in total. The lowest BCUT2D eigenvalue weighted by atomic mass is 10.1. The molecule has 0 aromatic carbocycles. The highest BCUT2D eigenvalue weighted by atomic mass is 32.1. The summed E-state index contributed by atoms with van der Waals surface area (Å²) < 4.78 is 5.79. The molecule has 5 heteroatoms. The average Bonchev–Trinajstić information content (AvgIpc) is 2.72. The van der Waals surface area contributed by atoms with E-state index in [9.17, 15) is 0 Å². The maximum Gasteiger partial charge on any atom is 0.186 e. The van der Waals surface area contributed by atoms with Crippen molar-refractivity contribution in [1.82, 2.24) is 10.3 Å². The molecular weight excluding hydrogens is 258 g/mol. The zero-order valence-corrected chi connectivity index (χ0v) is 13.4. The molecule has 1 aromatic heterocycles. The third-order valence-electron chi connectivity index (χ3n) is 3.29. The first kappa shape index (κ1) is 14.8. The molecule has 1 saturated heterocycles. The van der Waals surface area contributed by atoms with Crippen molar-refractivity contribution >= 4 is 16.5 Å². The van der Waals surface area contributed by atoms with Crippen LogP contribution in [0.4, 0.5) is 5.13 Å². The molecule has 0 amide bonds. The number of nitrogens with one attached hydrogen (secondary N) is 1. The van der Waals surface area contributed by atoms with E-state index in [1.54, 1.807) is 0 Å². The fourth-order valence-corrected chi connectivity index (χ4v) is 3.80. The number of nitrogens with zero attached hydrogens (tertiary/aromatic N) is 2.